The highest BCUT2D eigenvalue weighted by Crippen LogP contribution is 2.44. The summed E-state index contributed by atoms with van der Waals surface area (Å²) in [4.78, 5) is 43.8. The Morgan fingerprint density at radius 1 is 0.776 bits per heavy atom. The van der Waals surface area contributed by atoms with Crippen LogP contribution in [0, 0.1) is 11.8 Å². The van der Waals surface area contributed by atoms with E-state index in [2.05, 4.69) is 5.32 Å². The molecule has 1 heterocycles. The lowest BCUT2D eigenvalue weighted by Crippen LogP contribution is -2.48. The standard InChI is InChI=1S/C45H56N3O9P/c1-47(2)30-28-46-43(49)41-14-8-9-15-42(41)44(50)48-29-10-13-37(48)32-56-58(51,52)57-40-22-16-33(17-23-40)31-55-45(34-11-6-5-7-12-34,35-18-24-38(53-3)25-19-35)36-20-26-39(54-4)27-21-36/h5-7,11-12,16-27,37,41-42H,8-10,13-15,28-32H2,1-4H3,(H,46,49)(H,51,52)/p-1. The number of benzene rings is 4. The molecule has 1 N–H and O–H groups in total. The molecule has 58 heavy (non-hydrogen) atoms. The van der Waals surface area contributed by atoms with E-state index in [9.17, 15) is 19.0 Å². The lowest BCUT2D eigenvalue weighted by molar-refractivity contribution is -0.218. The molecule has 1 saturated carbocycles. The van der Waals surface area contributed by atoms with Crippen molar-refractivity contribution in [3.63, 3.8) is 0 Å². The van der Waals surface area contributed by atoms with Gasteiger partial charge in [0.1, 0.15) is 22.8 Å². The predicted octanol–water partition coefficient (Wildman–Crippen LogP) is 6.55. The lowest BCUT2D eigenvalue weighted by Gasteiger charge is -2.36. The maximum Gasteiger partial charge on any atom is 0.319 e. The number of nitrogens with one attached hydrogen (secondary N) is 1. The smallest absolute Gasteiger partial charge is 0.319 e. The molecule has 1 saturated heterocycles. The van der Waals surface area contributed by atoms with Gasteiger partial charge in [0.05, 0.1) is 33.5 Å². The number of methoxy groups -OCH3 is 2. The molecule has 4 atom stereocenters. The summed E-state index contributed by atoms with van der Waals surface area (Å²) in [7, 11) is 2.34. The van der Waals surface area contributed by atoms with Crippen LogP contribution in [-0.4, -0.2) is 82.2 Å². The van der Waals surface area contributed by atoms with E-state index in [1.54, 1.807) is 43.4 Å². The van der Waals surface area contributed by atoms with Crippen LogP contribution < -0.4 is 24.2 Å². The van der Waals surface area contributed by atoms with Crippen molar-refractivity contribution in [2.24, 2.45) is 11.8 Å². The zero-order valence-electron chi connectivity index (χ0n) is 33.8. The second-order valence-corrected chi connectivity index (χ2v) is 16.5. The van der Waals surface area contributed by atoms with E-state index in [-0.39, 0.29) is 30.8 Å². The Balaban J connectivity index is 1.11. The summed E-state index contributed by atoms with van der Waals surface area (Å²) in [6.45, 7) is 1.68. The van der Waals surface area contributed by atoms with Crippen molar-refractivity contribution in [1.82, 2.24) is 15.1 Å². The maximum atomic E-state index is 13.8. The van der Waals surface area contributed by atoms with E-state index in [1.807, 2.05) is 97.9 Å². The van der Waals surface area contributed by atoms with Crippen molar-refractivity contribution in [3.05, 3.63) is 125 Å². The Hall–Kier alpha value is -4.71. The Labute approximate surface area is 342 Å². The zero-order valence-corrected chi connectivity index (χ0v) is 34.7. The van der Waals surface area contributed by atoms with Crippen LogP contribution in [0.1, 0.15) is 60.8 Å². The van der Waals surface area contributed by atoms with Gasteiger partial charge >= 0.3 is 7.82 Å². The van der Waals surface area contributed by atoms with Crippen LogP contribution in [0.4, 0.5) is 0 Å². The first kappa shape index (κ1) is 42.9. The molecule has 12 nitrogen and oxygen atoms in total. The molecule has 4 unspecified atom stereocenters. The van der Waals surface area contributed by atoms with E-state index in [1.165, 1.54) is 0 Å². The van der Waals surface area contributed by atoms with Crippen molar-refractivity contribution in [2.75, 3.05) is 54.6 Å². The molecule has 0 bridgehead atoms. The van der Waals surface area contributed by atoms with Crippen molar-refractivity contribution in [3.8, 4) is 17.2 Å². The monoisotopic (exact) mass is 812 g/mol. The number of phosphoric acid groups is 1. The van der Waals surface area contributed by atoms with Gasteiger partial charge in [0.25, 0.3) is 0 Å². The number of hydrogen-bond donors (Lipinski definition) is 1. The van der Waals surface area contributed by atoms with Crippen LogP contribution in [0.5, 0.6) is 17.2 Å². The van der Waals surface area contributed by atoms with Crippen molar-refractivity contribution >= 4 is 19.6 Å². The van der Waals surface area contributed by atoms with E-state index >= 15 is 0 Å². The van der Waals surface area contributed by atoms with Crippen molar-refractivity contribution in [2.45, 2.75) is 56.8 Å². The maximum absolute atomic E-state index is 13.8. The summed E-state index contributed by atoms with van der Waals surface area (Å²) in [6.07, 6.45) is 4.39. The number of nitrogens with zero attached hydrogens (tertiary/aromatic N) is 2. The number of likely N-dealkylation sites (tertiary alicyclic amines) is 1. The molecule has 4 aromatic rings. The average Bonchev–Trinajstić information content (AvgIpc) is 3.73. The molecule has 310 valence electrons. The average molecular weight is 813 g/mol. The third-order valence-corrected chi connectivity index (χ3v) is 12.0. The normalized spacial score (nSPS) is 19.3. The van der Waals surface area contributed by atoms with Gasteiger partial charge in [-0.1, -0.05) is 79.6 Å². The quantitative estimate of drug-likeness (QED) is 0.0870. The topological polar surface area (TPSA) is 139 Å². The van der Waals surface area contributed by atoms with Crippen molar-refractivity contribution in [1.29, 1.82) is 0 Å². The Kier molecular flexibility index (Phi) is 14.7. The number of carbonyl (C=O) groups is 2. The summed E-state index contributed by atoms with van der Waals surface area (Å²) < 4.78 is 41.7. The molecule has 2 amide bonds. The lowest BCUT2D eigenvalue weighted by atomic mass is 9.77. The number of carbonyl (C=O) groups excluding carboxylic acids is 2. The van der Waals surface area contributed by atoms with E-state index < -0.39 is 31.3 Å². The molecule has 0 radical (unpaired) electrons. The highest BCUT2D eigenvalue weighted by atomic mass is 31.2. The van der Waals surface area contributed by atoms with Crippen LogP contribution in [0.2, 0.25) is 0 Å². The number of phosphoric ester groups is 1. The van der Waals surface area contributed by atoms with Gasteiger partial charge in [0.2, 0.25) is 11.8 Å². The highest BCUT2D eigenvalue weighted by molar-refractivity contribution is 7.46. The summed E-state index contributed by atoms with van der Waals surface area (Å²) in [5.41, 5.74) is 2.44. The molecule has 4 aromatic carbocycles. The van der Waals surface area contributed by atoms with Crippen LogP contribution >= 0.6 is 7.82 Å². The van der Waals surface area contributed by atoms with Gasteiger partial charge in [-0.3, -0.25) is 14.2 Å². The van der Waals surface area contributed by atoms with Gasteiger partial charge < -0.3 is 43.3 Å². The molecular formula is C45H55N3O9P-. The van der Waals surface area contributed by atoms with E-state index in [0.29, 0.717) is 38.9 Å². The molecule has 0 aromatic heterocycles. The summed E-state index contributed by atoms with van der Waals surface area (Å²) in [5.74, 6) is 0.501. The Morgan fingerprint density at radius 2 is 1.34 bits per heavy atom. The van der Waals surface area contributed by atoms with Gasteiger partial charge in [-0.2, -0.15) is 0 Å². The molecule has 1 aliphatic carbocycles. The van der Waals surface area contributed by atoms with Crippen LogP contribution in [-0.2, 0) is 35.6 Å². The first-order valence-corrected chi connectivity index (χ1v) is 21.4. The first-order chi connectivity index (χ1) is 28.0. The molecule has 1 aliphatic heterocycles. The number of hydrogen-bond acceptors (Lipinski definition) is 10. The Bertz CT molecular complexity index is 1930. The van der Waals surface area contributed by atoms with Gasteiger partial charge in [0, 0.05) is 31.5 Å². The third kappa shape index (κ3) is 10.5. The first-order valence-electron chi connectivity index (χ1n) is 20.0. The second-order valence-electron chi connectivity index (χ2n) is 15.2. The fourth-order valence-electron chi connectivity index (χ4n) is 8.03. The molecular weight excluding hydrogens is 757 g/mol. The highest BCUT2D eigenvalue weighted by Gasteiger charge is 2.41. The number of rotatable bonds is 18. The summed E-state index contributed by atoms with van der Waals surface area (Å²) in [6, 6.07) is 31.7. The molecule has 13 heteroatoms. The van der Waals surface area contributed by atoms with Crippen LogP contribution in [0.3, 0.4) is 0 Å². The SMILES string of the molecule is COc1ccc(C(OCc2ccc(OP(=O)([O-])OCC3CCCN3C(=O)C3CCCCC3C(=O)NCCN(C)C)cc2)(c2ccccc2)c2ccc(OC)cc2)cc1. The van der Waals surface area contributed by atoms with E-state index in [4.69, 9.17) is 23.3 Å². The number of amides is 2. The fourth-order valence-corrected chi connectivity index (χ4v) is 8.82. The van der Waals surface area contributed by atoms with Gasteiger partial charge in [-0.25, -0.2) is 0 Å². The summed E-state index contributed by atoms with van der Waals surface area (Å²) >= 11 is 0. The molecule has 6 rings (SSSR count). The Morgan fingerprint density at radius 3 is 1.93 bits per heavy atom. The molecule has 0 spiro atoms. The number of likely N-dealkylation sites (N-methyl/N-ethyl adjacent to an activating group) is 1. The van der Waals surface area contributed by atoms with Crippen molar-refractivity contribution < 1.29 is 42.3 Å². The van der Waals surface area contributed by atoms with E-state index in [0.717, 1.165) is 53.0 Å². The fraction of sp³-hybridized carbons (Fsp3) is 0.422. The number of ether oxygens (including phenoxy) is 3. The van der Waals surface area contributed by atoms with Crippen LogP contribution in [0.25, 0.3) is 0 Å². The van der Waals surface area contributed by atoms with Gasteiger partial charge in [0.15, 0.2) is 0 Å². The predicted molar refractivity (Wildman–Crippen MR) is 219 cm³/mol. The minimum absolute atomic E-state index is 0.0893. The van der Waals surface area contributed by atoms with Gasteiger partial charge in [-0.15, -0.1) is 0 Å². The minimum Gasteiger partial charge on any atom is -0.746 e. The van der Waals surface area contributed by atoms with Crippen LogP contribution in [0.15, 0.2) is 103 Å². The molecule has 2 aliphatic rings. The minimum atomic E-state index is -4.80. The second kappa shape index (κ2) is 19.8. The zero-order chi connectivity index (χ0) is 41.1. The third-order valence-electron chi connectivity index (χ3n) is 11.1. The van der Waals surface area contributed by atoms with Gasteiger partial charge in [-0.05, 0) is 98.4 Å². The summed E-state index contributed by atoms with van der Waals surface area (Å²) in [5, 5.41) is 3.00. The largest absolute Gasteiger partial charge is 0.746 e. The molecule has 2 fully saturated rings.